The van der Waals surface area contributed by atoms with Crippen LogP contribution in [-0.4, -0.2) is 41.6 Å². The number of ketones is 1. The lowest BCUT2D eigenvalue weighted by molar-refractivity contribution is -0.132. The molecule has 3 aromatic carbocycles. The Morgan fingerprint density at radius 3 is 2.61 bits per heavy atom. The molecule has 2 aliphatic rings. The minimum absolute atomic E-state index is 0.0411. The van der Waals surface area contributed by atoms with Gasteiger partial charge in [-0.05, 0) is 60.5 Å². The first kappa shape index (κ1) is 27.1. The average Bonchev–Trinajstić information content (AvgIpc) is 3.52. The summed E-state index contributed by atoms with van der Waals surface area (Å²) in [4.78, 5) is 33.2. The molecule has 10 heteroatoms. The lowest BCUT2D eigenvalue weighted by Gasteiger charge is -2.23. The first-order valence-electron chi connectivity index (χ1n) is 13.4. The lowest BCUT2D eigenvalue weighted by Crippen LogP contribution is -2.29. The molecule has 0 saturated carbocycles. The number of amides is 1. The predicted molar refractivity (Wildman–Crippen MR) is 158 cm³/mol. The highest BCUT2D eigenvalue weighted by atomic mass is 35.5. The monoisotopic (exact) mass is 590 g/mol. The fourth-order valence-electron chi connectivity index (χ4n) is 4.97. The predicted octanol–water partition coefficient (Wildman–Crippen LogP) is 6.92. The molecule has 6 rings (SSSR count). The van der Waals surface area contributed by atoms with Crippen molar-refractivity contribution in [2.75, 3.05) is 24.7 Å². The molecule has 210 valence electrons. The van der Waals surface area contributed by atoms with E-state index in [9.17, 15) is 14.7 Å². The van der Waals surface area contributed by atoms with Crippen molar-refractivity contribution in [1.82, 2.24) is 4.98 Å². The molecule has 0 aliphatic carbocycles. The lowest BCUT2D eigenvalue weighted by atomic mass is 9.95. The zero-order chi connectivity index (χ0) is 28.5. The van der Waals surface area contributed by atoms with E-state index in [0.717, 1.165) is 24.0 Å². The number of carbonyl (C=O) groups is 2. The number of aliphatic hydroxyl groups is 1. The normalized spacial score (nSPS) is 17.8. The van der Waals surface area contributed by atoms with Crippen LogP contribution in [-0.2, 0) is 9.59 Å². The van der Waals surface area contributed by atoms with Crippen LogP contribution in [0.25, 0.3) is 16.0 Å². The molecule has 0 bridgehead atoms. The van der Waals surface area contributed by atoms with Gasteiger partial charge in [0.15, 0.2) is 16.6 Å². The highest BCUT2D eigenvalue weighted by Crippen LogP contribution is 2.45. The zero-order valence-corrected chi connectivity index (χ0v) is 23.8. The van der Waals surface area contributed by atoms with Gasteiger partial charge in [0.05, 0.1) is 28.4 Å². The number of ether oxygens (including phenoxy) is 3. The third-order valence-corrected chi connectivity index (χ3v) is 8.27. The SMILES string of the molecule is CCCCCOc1ccc(C2C(=C(O)c3ccc4c(c3)OCCO4)C(=O)C(=O)N2c2nc3ccc(Cl)cc3s2)cc1. The third-order valence-electron chi connectivity index (χ3n) is 7.02. The smallest absolute Gasteiger partial charge is 0.301 e. The Kier molecular flexibility index (Phi) is 7.55. The second-order valence-corrected chi connectivity index (χ2v) is 11.2. The molecule has 2 aliphatic heterocycles. The number of benzene rings is 3. The van der Waals surface area contributed by atoms with Crippen molar-refractivity contribution in [1.29, 1.82) is 0 Å². The van der Waals surface area contributed by atoms with Gasteiger partial charge in [-0.3, -0.25) is 14.5 Å². The summed E-state index contributed by atoms with van der Waals surface area (Å²) in [6, 6.07) is 16.5. The van der Waals surface area contributed by atoms with Crippen molar-refractivity contribution >= 4 is 55.7 Å². The molecule has 1 atom stereocenters. The van der Waals surface area contributed by atoms with E-state index in [-0.39, 0.29) is 11.3 Å². The summed E-state index contributed by atoms with van der Waals surface area (Å²) in [7, 11) is 0. The van der Waals surface area contributed by atoms with E-state index in [1.807, 2.05) is 12.1 Å². The minimum atomic E-state index is -0.923. The Bertz CT molecular complexity index is 1670. The second kappa shape index (κ2) is 11.4. The van der Waals surface area contributed by atoms with Crippen LogP contribution in [0.3, 0.4) is 0 Å². The van der Waals surface area contributed by atoms with Crippen molar-refractivity contribution in [2.45, 2.75) is 32.2 Å². The Labute approximate surface area is 245 Å². The molecule has 1 N–H and O–H groups in total. The number of Topliss-reactive ketones (excluding diaryl/α,β-unsaturated/α-hetero) is 1. The highest BCUT2D eigenvalue weighted by Gasteiger charge is 2.48. The van der Waals surface area contributed by atoms with Gasteiger partial charge in [-0.15, -0.1) is 0 Å². The Morgan fingerprint density at radius 1 is 1.05 bits per heavy atom. The molecule has 8 nitrogen and oxygen atoms in total. The van der Waals surface area contributed by atoms with E-state index in [1.54, 1.807) is 48.5 Å². The first-order valence-corrected chi connectivity index (χ1v) is 14.6. The fraction of sp³-hybridized carbons (Fsp3) is 0.258. The number of nitrogens with zero attached hydrogens (tertiary/aromatic N) is 2. The molecule has 0 spiro atoms. The summed E-state index contributed by atoms with van der Waals surface area (Å²) in [6.07, 6.45) is 3.14. The summed E-state index contributed by atoms with van der Waals surface area (Å²) >= 11 is 7.44. The molecule has 1 fully saturated rings. The number of anilines is 1. The third kappa shape index (κ3) is 5.23. The fourth-order valence-corrected chi connectivity index (χ4v) is 6.24. The quantitative estimate of drug-likeness (QED) is 0.103. The van der Waals surface area contributed by atoms with Crippen LogP contribution >= 0.6 is 22.9 Å². The summed E-state index contributed by atoms with van der Waals surface area (Å²) in [6.45, 7) is 3.53. The molecule has 41 heavy (non-hydrogen) atoms. The number of unbranched alkanes of at least 4 members (excludes halogenated alkanes) is 2. The van der Waals surface area contributed by atoms with Gasteiger partial charge in [0.2, 0.25) is 0 Å². The van der Waals surface area contributed by atoms with Crippen LogP contribution in [0.2, 0.25) is 5.02 Å². The molecule has 1 saturated heterocycles. The summed E-state index contributed by atoms with van der Waals surface area (Å²) in [5.74, 6) is -0.204. The summed E-state index contributed by atoms with van der Waals surface area (Å²) < 4.78 is 17.9. The van der Waals surface area contributed by atoms with Crippen molar-refractivity contribution in [3.63, 3.8) is 0 Å². The molecule has 0 radical (unpaired) electrons. The number of hydrogen-bond donors (Lipinski definition) is 1. The van der Waals surface area contributed by atoms with E-state index >= 15 is 0 Å². The molecule has 4 aromatic rings. The van der Waals surface area contributed by atoms with Crippen molar-refractivity contribution in [3.05, 3.63) is 82.4 Å². The van der Waals surface area contributed by atoms with Crippen molar-refractivity contribution in [3.8, 4) is 17.2 Å². The number of hydrogen-bond acceptors (Lipinski definition) is 8. The maximum atomic E-state index is 13.6. The van der Waals surface area contributed by atoms with Crippen LogP contribution < -0.4 is 19.1 Å². The van der Waals surface area contributed by atoms with Gasteiger partial charge in [0, 0.05) is 10.6 Å². The van der Waals surface area contributed by atoms with Gasteiger partial charge < -0.3 is 19.3 Å². The minimum Gasteiger partial charge on any atom is -0.507 e. The van der Waals surface area contributed by atoms with Crippen molar-refractivity contribution < 1.29 is 28.9 Å². The van der Waals surface area contributed by atoms with E-state index in [0.29, 0.717) is 63.9 Å². The van der Waals surface area contributed by atoms with Crippen molar-refractivity contribution in [2.24, 2.45) is 0 Å². The molecule has 1 aromatic heterocycles. The van der Waals surface area contributed by atoms with Crippen LogP contribution in [0.1, 0.15) is 43.4 Å². The largest absolute Gasteiger partial charge is 0.507 e. The Morgan fingerprint density at radius 2 is 1.83 bits per heavy atom. The average molecular weight is 591 g/mol. The van der Waals surface area contributed by atoms with E-state index in [2.05, 4.69) is 11.9 Å². The number of fused-ring (bicyclic) bond motifs is 2. The molecule has 1 amide bonds. The zero-order valence-electron chi connectivity index (χ0n) is 22.3. The number of carbonyl (C=O) groups excluding carboxylic acids is 2. The Hall–Kier alpha value is -4.08. The van der Waals surface area contributed by atoms with Gasteiger partial charge >= 0.3 is 5.91 Å². The van der Waals surface area contributed by atoms with Gasteiger partial charge in [0.25, 0.3) is 5.78 Å². The second-order valence-electron chi connectivity index (χ2n) is 9.76. The van der Waals surface area contributed by atoms with Crippen LogP contribution in [0, 0.1) is 0 Å². The van der Waals surface area contributed by atoms with Gasteiger partial charge in [-0.25, -0.2) is 4.98 Å². The summed E-state index contributed by atoms with van der Waals surface area (Å²) in [5.41, 5.74) is 1.57. The number of thiazole rings is 1. The summed E-state index contributed by atoms with van der Waals surface area (Å²) in [5, 5.41) is 12.4. The standard InChI is InChI=1S/C31H27ClN2O6S/c1-2-3-4-13-38-21-9-5-18(6-10-21)27-26(28(35)19-7-12-23-24(16-19)40-15-14-39-23)29(36)30(37)34(27)31-33-22-11-8-20(32)17-25(22)41-31/h5-12,16-17,27,35H,2-4,13-15H2,1H3. The van der Waals surface area contributed by atoms with Crippen LogP contribution in [0.5, 0.6) is 17.2 Å². The first-order chi connectivity index (χ1) is 19.9. The molecule has 3 heterocycles. The van der Waals surface area contributed by atoms with E-state index in [1.165, 1.54) is 16.2 Å². The molecular formula is C31H27ClN2O6S. The van der Waals surface area contributed by atoms with Crippen LogP contribution in [0.15, 0.2) is 66.2 Å². The van der Waals surface area contributed by atoms with E-state index in [4.69, 9.17) is 25.8 Å². The number of aliphatic hydroxyl groups excluding tert-OH is 1. The van der Waals surface area contributed by atoms with Gasteiger partial charge in [-0.2, -0.15) is 0 Å². The molecule has 1 unspecified atom stereocenters. The topological polar surface area (TPSA) is 98.2 Å². The van der Waals surface area contributed by atoms with Crippen LogP contribution in [0.4, 0.5) is 5.13 Å². The maximum Gasteiger partial charge on any atom is 0.301 e. The number of halogens is 1. The maximum absolute atomic E-state index is 13.6. The highest BCUT2D eigenvalue weighted by molar-refractivity contribution is 7.22. The number of aromatic nitrogens is 1. The number of rotatable bonds is 8. The Balaban J connectivity index is 1.44. The molecular weight excluding hydrogens is 564 g/mol. The van der Waals surface area contributed by atoms with Gasteiger partial charge in [-0.1, -0.05) is 54.8 Å². The van der Waals surface area contributed by atoms with E-state index < -0.39 is 17.7 Å². The van der Waals surface area contributed by atoms with Gasteiger partial charge in [0.1, 0.15) is 24.7 Å².